The average Bonchev–Trinajstić information content (AvgIpc) is 3.13. The molecule has 7 heteroatoms. The topological polar surface area (TPSA) is 67.3 Å². The van der Waals surface area contributed by atoms with Gasteiger partial charge in [0.2, 0.25) is 20.1 Å². The Morgan fingerprint density at radius 2 is 2.04 bits per heavy atom. The smallest absolute Gasteiger partial charge is 0.238 e. The predicted octanol–water partition coefficient (Wildman–Crippen LogP) is 3.37. The summed E-state index contributed by atoms with van der Waals surface area (Å²) in [6.07, 6.45) is 3.86. The Morgan fingerprint density at radius 3 is 2.76 bits per heavy atom. The highest BCUT2D eigenvalue weighted by molar-refractivity contribution is 7.94. The molecular weight excluding hydrogens is 356 g/mol. The lowest BCUT2D eigenvalue weighted by Gasteiger charge is -2.35. The van der Waals surface area contributed by atoms with E-state index in [1.807, 2.05) is 37.3 Å². The number of nitrogens with zero attached hydrogens (tertiary/aromatic N) is 2. The molecule has 1 fully saturated rings. The monoisotopic (exact) mass is 378 g/mol. The van der Waals surface area contributed by atoms with Crippen LogP contribution in [0.5, 0.6) is 0 Å². The zero-order chi connectivity index (χ0) is 17.9. The van der Waals surface area contributed by atoms with Crippen LogP contribution in [0, 0.1) is 0 Å². The Balaban J connectivity index is 1.76. The number of rotatable bonds is 5. The molecule has 1 amide bonds. The van der Waals surface area contributed by atoms with E-state index in [0.29, 0.717) is 12.2 Å². The first kappa shape index (κ1) is 18.1. The van der Waals surface area contributed by atoms with Gasteiger partial charge in [0.1, 0.15) is 5.75 Å². The Bertz CT molecular complexity index is 831. The van der Waals surface area contributed by atoms with Gasteiger partial charge in [-0.05, 0) is 25.7 Å². The van der Waals surface area contributed by atoms with Crippen molar-refractivity contribution in [1.29, 1.82) is 0 Å². The van der Waals surface area contributed by atoms with E-state index in [9.17, 15) is 13.2 Å². The third-order valence-corrected chi connectivity index (χ3v) is 7.49. The number of amides is 1. The van der Waals surface area contributed by atoms with Crippen LogP contribution in [0.2, 0.25) is 0 Å². The fourth-order valence-electron chi connectivity index (χ4n) is 3.20. The molecule has 0 bridgehead atoms. The molecule has 25 heavy (non-hydrogen) atoms. The standard InChI is InChI=1S/C18H22N2O3S2/c1-2-15-10-6-7-11-20(15)17(21)13-25(22,23)18-19-16(12-24-18)14-8-4-3-5-9-14/h3-5,8-9,12,15H,2,6-7,10-11,13H2,1H3. The summed E-state index contributed by atoms with van der Waals surface area (Å²) in [7, 11) is -3.71. The van der Waals surface area contributed by atoms with Crippen molar-refractivity contribution in [2.45, 2.75) is 43.0 Å². The van der Waals surface area contributed by atoms with E-state index in [2.05, 4.69) is 4.98 Å². The van der Waals surface area contributed by atoms with Crippen LogP contribution < -0.4 is 0 Å². The van der Waals surface area contributed by atoms with Crippen LogP contribution in [0.4, 0.5) is 0 Å². The van der Waals surface area contributed by atoms with Gasteiger partial charge in [-0.25, -0.2) is 13.4 Å². The molecule has 0 spiro atoms. The second-order valence-corrected chi connectivity index (χ2v) is 9.29. The highest BCUT2D eigenvalue weighted by Crippen LogP contribution is 2.26. The third-order valence-electron chi connectivity index (χ3n) is 4.55. The molecule has 1 aliphatic rings. The molecule has 1 saturated heterocycles. The van der Waals surface area contributed by atoms with Gasteiger partial charge in [0.15, 0.2) is 0 Å². The van der Waals surface area contributed by atoms with Crippen LogP contribution in [-0.4, -0.2) is 42.5 Å². The highest BCUT2D eigenvalue weighted by Gasteiger charge is 2.30. The summed E-state index contributed by atoms with van der Waals surface area (Å²) in [5.74, 6) is -0.798. The van der Waals surface area contributed by atoms with Crippen molar-refractivity contribution < 1.29 is 13.2 Å². The molecule has 0 N–H and O–H groups in total. The molecule has 1 atom stereocenters. The van der Waals surface area contributed by atoms with Gasteiger partial charge in [-0.3, -0.25) is 4.79 Å². The fraction of sp³-hybridized carbons (Fsp3) is 0.444. The van der Waals surface area contributed by atoms with Gasteiger partial charge in [-0.1, -0.05) is 37.3 Å². The largest absolute Gasteiger partial charge is 0.339 e. The summed E-state index contributed by atoms with van der Waals surface area (Å²) in [5.41, 5.74) is 1.50. The molecule has 2 aromatic rings. The second kappa shape index (κ2) is 7.66. The number of hydrogen-bond donors (Lipinski definition) is 0. The minimum atomic E-state index is -3.71. The Kier molecular flexibility index (Phi) is 5.54. The van der Waals surface area contributed by atoms with E-state index in [-0.39, 0.29) is 16.3 Å². The van der Waals surface area contributed by atoms with Crippen molar-refractivity contribution in [3.05, 3.63) is 35.7 Å². The lowest BCUT2D eigenvalue weighted by molar-refractivity contribution is -0.132. The second-order valence-electron chi connectivity index (χ2n) is 6.27. The molecule has 0 aliphatic carbocycles. The summed E-state index contributed by atoms with van der Waals surface area (Å²) in [4.78, 5) is 18.5. The first-order valence-electron chi connectivity index (χ1n) is 8.54. The molecule has 134 valence electrons. The number of thiazole rings is 1. The van der Waals surface area contributed by atoms with Crippen LogP contribution in [0.3, 0.4) is 0 Å². The van der Waals surface area contributed by atoms with Crippen LogP contribution >= 0.6 is 11.3 Å². The van der Waals surface area contributed by atoms with Gasteiger partial charge in [0.05, 0.1) is 5.69 Å². The van der Waals surface area contributed by atoms with Crippen molar-refractivity contribution in [2.24, 2.45) is 0 Å². The average molecular weight is 379 g/mol. The highest BCUT2D eigenvalue weighted by atomic mass is 32.2. The zero-order valence-corrected chi connectivity index (χ0v) is 15.9. The van der Waals surface area contributed by atoms with E-state index in [4.69, 9.17) is 0 Å². The number of hydrogen-bond acceptors (Lipinski definition) is 5. The summed E-state index contributed by atoms with van der Waals surface area (Å²) in [6, 6.07) is 9.59. The molecule has 1 aliphatic heterocycles. The summed E-state index contributed by atoms with van der Waals surface area (Å²) < 4.78 is 25.3. The van der Waals surface area contributed by atoms with Crippen molar-refractivity contribution >= 4 is 27.1 Å². The maximum atomic E-state index is 12.6. The molecule has 1 aromatic carbocycles. The number of carbonyl (C=O) groups is 1. The number of likely N-dealkylation sites (tertiary alicyclic amines) is 1. The quantitative estimate of drug-likeness (QED) is 0.800. The minimum Gasteiger partial charge on any atom is -0.339 e. The Morgan fingerprint density at radius 1 is 1.28 bits per heavy atom. The summed E-state index contributed by atoms with van der Waals surface area (Å²) in [6.45, 7) is 2.69. The Labute approximate surface area is 152 Å². The molecule has 1 unspecified atom stereocenters. The molecule has 2 heterocycles. The van der Waals surface area contributed by atoms with Gasteiger partial charge < -0.3 is 4.90 Å². The lowest BCUT2D eigenvalue weighted by atomic mass is 10.0. The lowest BCUT2D eigenvalue weighted by Crippen LogP contribution is -2.45. The van der Waals surface area contributed by atoms with E-state index >= 15 is 0 Å². The number of sulfone groups is 1. The first-order valence-corrected chi connectivity index (χ1v) is 11.1. The van der Waals surface area contributed by atoms with Crippen LogP contribution in [0.1, 0.15) is 32.6 Å². The van der Waals surface area contributed by atoms with Gasteiger partial charge in [-0.2, -0.15) is 0 Å². The number of piperidine rings is 1. The van der Waals surface area contributed by atoms with Crippen molar-refractivity contribution in [3.8, 4) is 11.3 Å². The first-order chi connectivity index (χ1) is 12.0. The molecule has 3 rings (SSSR count). The van der Waals surface area contributed by atoms with Gasteiger partial charge in [-0.15, -0.1) is 11.3 Å². The van der Waals surface area contributed by atoms with E-state index in [0.717, 1.165) is 42.6 Å². The van der Waals surface area contributed by atoms with Gasteiger partial charge in [0.25, 0.3) is 0 Å². The molecule has 5 nitrogen and oxygen atoms in total. The Hall–Kier alpha value is -1.73. The van der Waals surface area contributed by atoms with Crippen LogP contribution in [0.15, 0.2) is 40.1 Å². The van der Waals surface area contributed by atoms with Crippen molar-refractivity contribution in [2.75, 3.05) is 12.3 Å². The van der Waals surface area contributed by atoms with Crippen LogP contribution in [-0.2, 0) is 14.6 Å². The number of aromatic nitrogens is 1. The van der Waals surface area contributed by atoms with Crippen molar-refractivity contribution in [1.82, 2.24) is 9.88 Å². The molecule has 0 saturated carbocycles. The normalized spacial score (nSPS) is 18.3. The molecule has 0 radical (unpaired) electrons. The maximum Gasteiger partial charge on any atom is 0.238 e. The van der Waals surface area contributed by atoms with Gasteiger partial charge in [0, 0.05) is 23.5 Å². The predicted molar refractivity (Wildman–Crippen MR) is 99.2 cm³/mol. The number of carbonyl (C=O) groups excluding carboxylic acids is 1. The van der Waals surface area contributed by atoms with Gasteiger partial charge >= 0.3 is 0 Å². The molecular formula is C18H22N2O3S2. The van der Waals surface area contributed by atoms with Crippen molar-refractivity contribution in [3.63, 3.8) is 0 Å². The third kappa shape index (κ3) is 4.10. The SMILES string of the molecule is CCC1CCCCN1C(=O)CS(=O)(=O)c1nc(-c2ccccc2)cs1. The van der Waals surface area contributed by atoms with E-state index < -0.39 is 15.6 Å². The van der Waals surface area contributed by atoms with E-state index in [1.54, 1.807) is 10.3 Å². The minimum absolute atomic E-state index is 0.0183. The summed E-state index contributed by atoms with van der Waals surface area (Å²) >= 11 is 1.08. The van der Waals surface area contributed by atoms with E-state index in [1.165, 1.54) is 0 Å². The number of benzene rings is 1. The van der Waals surface area contributed by atoms with Crippen LogP contribution in [0.25, 0.3) is 11.3 Å². The summed E-state index contributed by atoms with van der Waals surface area (Å²) in [5, 5.41) is 1.72. The fourth-order valence-corrected chi connectivity index (χ4v) is 5.51. The zero-order valence-electron chi connectivity index (χ0n) is 14.2. The molecule has 1 aromatic heterocycles. The maximum absolute atomic E-state index is 12.6.